The molecule has 0 aromatic heterocycles. The number of allylic oxidation sites excluding steroid dienone is 2. The lowest BCUT2D eigenvalue weighted by Crippen LogP contribution is -2.34. The number of hydrogen-bond acceptors (Lipinski definition) is 5. The molecule has 4 nitrogen and oxygen atoms in total. The van der Waals surface area contributed by atoms with E-state index in [-0.39, 0.29) is 12.2 Å². The Morgan fingerprint density at radius 3 is 2.67 bits per heavy atom. The highest BCUT2D eigenvalue weighted by atomic mass is 32.1. The summed E-state index contributed by atoms with van der Waals surface area (Å²) in [7, 11) is 1.58. The van der Waals surface area contributed by atoms with E-state index in [4.69, 9.17) is 9.47 Å². The Morgan fingerprint density at radius 1 is 1.50 bits per heavy atom. The van der Waals surface area contributed by atoms with Crippen LogP contribution in [0.4, 0.5) is 0 Å². The van der Waals surface area contributed by atoms with Gasteiger partial charge in [-0.15, -0.1) is 12.6 Å². The minimum absolute atomic E-state index is 0.231. The van der Waals surface area contributed by atoms with Crippen molar-refractivity contribution in [2.45, 2.75) is 27.2 Å². The number of rotatable bonds is 5. The van der Waals surface area contributed by atoms with Crippen molar-refractivity contribution in [2.24, 2.45) is 5.41 Å². The maximum Gasteiger partial charge on any atom is 0.146 e. The van der Waals surface area contributed by atoms with Crippen LogP contribution in [0, 0.1) is 16.7 Å². The van der Waals surface area contributed by atoms with Gasteiger partial charge in [-0.25, -0.2) is 0 Å². The number of methoxy groups -OCH3 is 1. The second-order valence-corrected chi connectivity index (χ2v) is 4.95. The maximum absolute atomic E-state index is 9.34. The molecule has 0 spiro atoms. The summed E-state index contributed by atoms with van der Waals surface area (Å²) in [6.45, 7) is 6.65. The first-order chi connectivity index (χ1) is 8.51. The fourth-order valence-corrected chi connectivity index (χ4v) is 2.67. The Bertz CT molecular complexity index is 423. The molecule has 0 saturated heterocycles. The summed E-state index contributed by atoms with van der Waals surface area (Å²) in [6.07, 6.45) is 0.824. The molecular formula is C13H20N2O2S. The average Bonchev–Trinajstić information content (AvgIpc) is 2.33. The molecule has 1 aliphatic heterocycles. The van der Waals surface area contributed by atoms with Crippen LogP contribution in [0.2, 0.25) is 0 Å². The molecule has 0 aliphatic carbocycles. The third kappa shape index (κ3) is 2.72. The quantitative estimate of drug-likeness (QED) is 0.457. The minimum atomic E-state index is -0.324. The number of thiol groups is 1. The van der Waals surface area contributed by atoms with Gasteiger partial charge in [0.05, 0.1) is 23.3 Å². The van der Waals surface area contributed by atoms with Crippen molar-refractivity contribution in [3.05, 3.63) is 21.9 Å². The molecule has 5 heteroatoms. The highest BCUT2D eigenvalue weighted by molar-refractivity contribution is 7.84. The Kier molecular flexibility index (Phi) is 5.27. The fourth-order valence-electron chi connectivity index (χ4n) is 2.19. The van der Waals surface area contributed by atoms with Crippen LogP contribution in [-0.2, 0) is 9.47 Å². The normalized spacial score (nSPS) is 24.0. The second-order valence-electron chi connectivity index (χ2n) is 4.50. The number of nitrogens with one attached hydrogen (secondary N) is 1. The Labute approximate surface area is 114 Å². The monoisotopic (exact) mass is 268 g/mol. The Balaban J connectivity index is 3.07. The van der Waals surface area contributed by atoms with E-state index in [9.17, 15) is 5.26 Å². The fraction of sp³-hybridized carbons (Fsp3) is 0.615. The van der Waals surface area contributed by atoms with Crippen LogP contribution in [-0.4, -0.2) is 20.5 Å². The van der Waals surface area contributed by atoms with E-state index in [0.717, 1.165) is 28.3 Å². The standard InChI is InChI=1S/C13H20N2O2S/c1-5-13(3)10(6-14)9(2)15-12(18)11(13)7-17-8-16-4/h15,18H,5,7-8H2,1-4H3. The van der Waals surface area contributed by atoms with Gasteiger partial charge in [0.15, 0.2) is 0 Å². The lowest BCUT2D eigenvalue weighted by Gasteiger charge is -2.37. The molecule has 0 saturated carbocycles. The minimum Gasteiger partial charge on any atom is -0.359 e. The van der Waals surface area contributed by atoms with E-state index >= 15 is 0 Å². The van der Waals surface area contributed by atoms with E-state index in [1.165, 1.54) is 0 Å². The van der Waals surface area contributed by atoms with Crippen molar-refractivity contribution in [3.63, 3.8) is 0 Å². The smallest absolute Gasteiger partial charge is 0.146 e. The number of dihydropyridines is 1. The number of nitrogens with zero attached hydrogens (tertiary/aromatic N) is 1. The van der Waals surface area contributed by atoms with Crippen molar-refractivity contribution >= 4 is 12.6 Å². The van der Waals surface area contributed by atoms with Gasteiger partial charge in [0.1, 0.15) is 6.79 Å². The van der Waals surface area contributed by atoms with Crippen molar-refractivity contribution < 1.29 is 9.47 Å². The molecule has 1 N–H and O–H groups in total. The third-order valence-electron chi connectivity index (χ3n) is 3.45. The van der Waals surface area contributed by atoms with Crippen molar-refractivity contribution in [1.29, 1.82) is 5.26 Å². The van der Waals surface area contributed by atoms with E-state index in [1.807, 2.05) is 6.92 Å². The van der Waals surface area contributed by atoms with Crippen LogP contribution < -0.4 is 5.32 Å². The molecule has 1 atom stereocenters. The van der Waals surface area contributed by atoms with Gasteiger partial charge in [-0.3, -0.25) is 0 Å². The topological polar surface area (TPSA) is 54.3 Å². The van der Waals surface area contributed by atoms with Crippen molar-refractivity contribution in [2.75, 3.05) is 20.5 Å². The molecule has 1 aliphatic rings. The van der Waals surface area contributed by atoms with Gasteiger partial charge >= 0.3 is 0 Å². The summed E-state index contributed by atoms with van der Waals surface area (Å²) in [4.78, 5) is 0. The summed E-state index contributed by atoms with van der Waals surface area (Å²) in [6, 6.07) is 2.30. The van der Waals surface area contributed by atoms with Gasteiger partial charge in [0, 0.05) is 18.2 Å². The molecule has 0 bridgehead atoms. The Hall–Kier alpha value is -0.960. The van der Waals surface area contributed by atoms with Crippen LogP contribution in [0.15, 0.2) is 21.9 Å². The molecule has 0 fully saturated rings. The predicted octanol–water partition coefficient (Wildman–Crippen LogP) is 2.57. The molecule has 0 aromatic carbocycles. The molecular weight excluding hydrogens is 248 g/mol. The van der Waals surface area contributed by atoms with Gasteiger partial charge < -0.3 is 14.8 Å². The lowest BCUT2D eigenvalue weighted by molar-refractivity contribution is -0.0246. The van der Waals surface area contributed by atoms with E-state index in [2.05, 4.69) is 37.9 Å². The van der Waals surface area contributed by atoms with E-state index < -0.39 is 0 Å². The van der Waals surface area contributed by atoms with Gasteiger partial charge in [0.2, 0.25) is 0 Å². The zero-order valence-corrected chi connectivity index (χ0v) is 12.2. The number of hydrogen-bond donors (Lipinski definition) is 2. The first kappa shape index (κ1) is 15.1. The second kappa shape index (κ2) is 6.28. The van der Waals surface area contributed by atoms with E-state index in [0.29, 0.717) is 6.61 Å². The Morgan fingerprint density at radius 2 is 2.17 bits per heavy atom. The molecule has 100 valence electrons. The van der Waals surface area contributed by atoms with Gasteiger partial charge in [-0.05, 0) is 18.9 Å². The summed E-state index contributed by atoms with van der Waals surface area (Å²) < 4.78 is 10.3. The van der Waals surface area contributed by atoms with Gasteiger partial charge in [-0.2, -0.15) is 5.26 Å². The zero-order valence-electron chi connectivity index (χ0n) is 11.3. The number of nitriles is 1. The van der Waals surface area contributed by atoms with Crippen molar-refractivity contribution in [3.8, 4) is 6.07 Å². The molecule has 1 rings (SSSR count). The lowest BCUT2D eigenvalue weighted by atomic mass is 9.72. The largest absolute Gasteiger partial charge is 0.359 e. The molecule has 1 unspecified atom stereocenters. The highest BCUT2D eigenvalue weighted by Crippen LogP contribution is 2.44. The molecule has 18 heavy (non-hydrogen) atoms. The first-order valence-electron chi connectivity index (χ1n) is 5.89. The average molecular weight is 268 g/mol. The van der Waals surface area contributed by atoms with Crippen LogP contribution in [0.5, 0.6) is 0 Å². The molecule has 0 aromatic rings. The molecule has 0 radical (unpaired) electrons. The van der Waals surface area contributed by atoms with Crippen LogP contribution in [0.1, 0.15) is 27.2 Å². The molecule has 1 heterocycles. The van der Waals surface area contributed by atoms with Crippen LogP contribution in [0.3, 0.4) is 0 Å². The zero-order chi connectivity index (χ0) is 13.8. The summed E-state index contributed by atoms with van der Waals surface area (Å²) in [5.41, 5.74) is 2.28. The highest BCUT2D eigenvalue weighted by Gasteiger charge is 2.38. The SMILES string of the molecule is CCC1(C)C(C#N)=C(C)NC(S)=C1COCOC. The first-order valence-corrected chi connectivity index (χ1v) is 6.33. The third-order valence-corrected chi connectivity index (χ3v) is 3.83. The van der Waals surface area contributed by atoms with Crippen molar-refractivity contribution in [1.82, 2.24) is 5.32 Å². The van der Waals surface area contributed by atoms with Gasteiger partial charge in [0.25, 0.3) is 0 Å². The van der Waals surface area contributed by atoms with E-state index in [1.54, 1.807) is 7.11 Å². The molecule has 0 amide bonds. The summed E-state index contributed by atoms with van der Waals surface area (Å²) in [5, 5.41) is 13.2. The van der Waals surface area contributed by atoms with Crippen LogP contribution in [0.25, 0.3) is 0 Å². The van der Waals surface area contributed by atoms with Gasteiger partial charge in [-0.1, -0.05) is 13.8 Å². The maximum atomic E-state index is 9.34. The summed E-state index contributed by atoms with van der Waals surface area (Å²) >= 11 is 4.47. The summed E-state index contributed by atoms with van der Waals surface area (Å²) in [5.74, 6) is 0. The van der Waals surface area contributed by atoms with Crippen LogP contribution >= 0.6 is 12.6 Å². The predicted molar refractivity (Wildman–Crippen MR) is 73.7 cm³/mol. The number of ether oxygens (including phenoxy) is 2.